The summed E-state index contributed by atoms with van der Waals surface area (Å²) in [6, 6.07) is 15.8. The van der Waals surface area contributed by atoms with E-state index in [1.54, 1.807) is 12.3 Å². The minimum absolute atomic E-state index is 0.184. The lowest BCUT2D eigenvalue weighted by molar-refractivity contribution is 0.307. The highest BCUT2D eigenvalue weighted by Crippen LogP contribution is 2.28. The van der Waals surface area contributed by atoms with Crippen LogP contribution in [0.2, 0.25) is 5.02 Å². The summed E-state index contributed by atoms with van der Waals surface area (Å²) in [7, 11) is 0. The van der Waals surface area contributed by atoms with Gasteiger partial charge in [-0.25, -0.2) is 9.37 Å². The molecule has 0 saturated heterocycles. The predicted molar refractivity (Wildman–Crippen MR) is 89.8 cm³/mol. The molecule has 0 aliphatic carbocycles. The summed E-state index contributed by atoms with van der Waals surface area (Å²) in [5.74, 6) is 0.376. The molecule has 0 atom stereocenters. The van der Waals surface area contributed by atoms with Crippen LogP contribution in [0.5, 0.6) is 5.75 Å². The van der Waals surface area contributed by atoms with Crippen molar-refractivity contribution in [3.05, 3.63) is 77.2 Å². The average Bonchev–Trinajstić information content (AvgIpc) is 2.56. The standard InChI is InChI=1S/C18H14ClFN2O/c19-16-9-15(20)7-6-13(16)11-23-17-8-14(10-22-18(17)21)12-4-2-1-3-5-12/h1-10H,11H2,(H2,21,22). The molecule has 3 rings (SSSR count). The number of hydrogen-bond donors (Lipinski definition) is 1. The number of hydrogen-bond acceptors (Lipinski definition) is 3. The summed E-state index contributed by atoms with van der Waals surface area (Å²) in [6.45, 7) is 0.184. The van der Waals surface area contributed by atoms with Crippen LogP contribution in [0, 0.1) is 5.82 Å². The molecule has 0 unspecified atom stereocenters. The number of aromatic nitrogens is 1. The second-order valence-electron chi connectivity index (χ2n) is 5.00. The van der Waals surface area contributed by atoms with Gasteiger partial charge in [-0.05, 0) is 23.8 Å². The third-order valence-electron chi connectivity index (χ3n) is 3.39. The molecule has 0 radical (unpaired) electrons. The highest BCUT2D eigenvalue weighted by molar-refractivity contribution is 6.31. The van der Waals surface area contributed by atoms with Gasteiger partial charge in [-0.3, -0.25) is 0 Å². The van der Waals surface area contributed by atoms with E-state index in [1.807, 2.05) is 36.4 Å². The highest BCUT2D eigenvalue weighted by Gasteiger charge is 2.08. The van der Waals surface area contributed by atoms with Crippen molar-refractivity contribution in [2.75, 3.05) is 5.73 Å². The molecule has 3 aromatic rings. The number of nitrogen functional groups attached to an aromatic ring is 1. The lowest BCUT2D eigenvalue weighted by Crippen LogP contribution is -2.01. The van der Waals surface area contributed by atoms with Crippen molar-refractivity contribution >= 4 is 17.4 Å². The van der Waals surface area contributed by atoms with Crippen LogP contribution in [0.3, 0.4) is 0 Å². The third kappa shape index (κ3) is 3.60. The van der Waals surface area contributed by atoms with E-state index in [4.69, 9.17) is 22.1 Å². The van der Waals surface area contributed by atoms with E-state index in [2.05, 4.69) is 4.98 Å². The predicted octanol–water partition coefficient (Wildman–Crippen LogP) is 4.70. The van der Waals surface area contributed by atoms with Gasteiger partial charge in [0.1, 0.15) is 12.4 Å². The maximum atomic E-state index is 13.1. The fourth-order valence-electron chi connectivity index (χ4n) is 2.15. The molecule has 1 aromatic heterocycles. The molecule has 1 heterocycles. The van der Waals surface area contributed by atoms with Crippen LogP contribution in [0.4, 0.5) is 10.2 Å². The maximum absolute atomic E-state index is 13.1. The minimum atomic E-state index is -0.383. The van der Waals surface area contributed by atoms with Crippen LogP contribution in [-0.4, -0.2) is 4.98 Å². The number of ether oxygens (including phenoxy) is 1. The van der Waals surface area contributed by atoms with Crippen molar-refractivity contribution in [1.29, 1.82) is 0 Å². The number of anilines is 1. The summed E-state index contributed by atoms with van der Waals surface area (Å²) in [4.78, 5) is 4.16. The van der Waals surface area contributed by atoms with Crippen LogP contribution in [0.1, 0.15) is 5.56 Å². The smallest absolute Gasteiger partial charge is 0.166 e. The van der Waals surface area contributed by atoms with Crippen LogP contribution in [0.15, 0.2) is 60.8 Å². The Morgan fingerprint density at radius 3 is 2.57 bits per heavy atom. The van der Waals surface area contributed by atoms with Crippen molar-refractivity contribution < 1.29 is 9.13 Å². The Morgan fingerprint density at radius 1 is 1.04 bits per heavy atom. The van der Waals surface area contributed by atoms with Crippen molar-refractivity contribution in [3.8, 4) is 16.9 Å². The van der Waals surface area contributed by atoms with E-state index in [-0.39, 0.29) is 12.4 Å². The van der Waals surface area contributed by atoms with Crippen LogP contribution < -0.4 is 10.5 Å². The fourth-order valence-corrected chi connectivity index (χ4v) is 2.38. The van der Waals surface area contributed by atoms with Crippen LogP contribution >= 0.6 is 11.6 Å². The van der Waals surface area contributed by atoms with E-state index in [0.29, 0.717) is 22.2 Å². The summed E-state index contributed by atoms with van der Waals surface area (Å²) in [5, 5.41) is 0.316. The number of rotatable bonds is 4. The first-order chi connectivity index (χ1) is 11.1. The third-order valence-corrected chi connectivity index (χ3v) is 3.74. The first kappa shape index (κ1) is 15.3. The lowest BCUT2D eigenvalue weighted by Gasteiger charge is -2.11. The molecule has 3 nitrogen and oxygen atoms in total. The molecular formula is C18H14ClFN2O. The quantitative estimate of drug-likeness (QED) is 0.755. The number of nitrogens with two attached hydrogens (primary N) is 1. The molecular weight excluding hydrogens is 315 g/mol. The van der Waals surface area contributed by atoms with E-state index >= 15 is 0 Å². The number of nitrogens with zero attached hydrogens (tertiary/aromatic N) is 1. The van der Waals surface area contributed by atoms with Crippen LogP contribution in [-0.2, 0) is 6.61 Å². The van der Waals surface area contributed by atoms with Gasteiger partial charge in [0.15, 0.2) is 11.6 Å². The average molecular weight is 329 g/mol. The number of benzene rings is 2. The van der Waals surface area contributed by atoms with Gasteiger partial charge in [-0.15, -0.1) is 0 Å². The molecule has 0 saturated carbocycles. The summed E-state index contributed by atoms with van der Waals surface area (Å²) in [5.41, 5.74) is 8.46. The van der Waals surface area contributed by atoms with E-state index < -0.39 is 0 Å². The Kier molecular flexibility index (Phi) is 4.44. The lowest BCUT2D eigenvalue weighted by atomic mass is 10.1. The molecule has 2 aromatic carbocycles. The molecule has 0 amide bonds. The maximum Gasteiger partial charge on any atom is 0.166 e. The van der Waals surface area contributed by atoms with E-state index in [9.17, 15) is 4.39 Å². The second kappa shape index (κ2) is 6.67. The first-order valence-corrected chi connectivity index (χ1v) is 7.39. The molecule has 0 fully saturated rings. The van der Waals surface area contributed by atoms with Crippen molar-refractivity contribution in [1.82, 2.24) is 4.98 Å². The Labute approximate surface area is 138 Å². The molecule has 2 N–H and O–H groups in total. The Bertz CT molecular complexity index is 825. The van der Waals surface area contributed by atoms with Gasteiger partial charge < -0.3 is 10.5 Å². The van der Waals surface area contributed by atoms with Crippen LogP contribution in [0.25, 0.3) is 11.1 Å². The van der Waals surface area contributed by atoms with Crippen molar-refractivity contribution in [3.63, 3.8) is 0 Å². The first-order valence-electron chi connectivity index (χ1n) is 7.01. The molecule has 0 bridgehead atoms. The normalized spacial score (nSPS) is 10.5. The number of halogens is 2. The van der Waals surface area contributed by atoms with Gasteiger partial charge in [0.2, 0.25) is 0 Å². The minimum Gasteiger partial charge on any atom is -0.485 e. The van der Waals surface area contributed by atoms with E-state index in [1.165, 1.54) is 12.1 Å². The van der Waals surface area contributed by atoms with Gasteiger partial charge in [-0.1, -0.05) is 48.0 Å². The van der Waals surface area contributed by atoms with Gasteiger partial charge in [0.05, 0.1) is 5.02 Å². The Morgan fingerprint density at radius 2 is 1.83 bits per heavy atom. The molecule has 116 valence electrons. The zero-order chi connectivity index (χ0) is 16.2. The summed E-state index contributed by atoms with van der Waals surface area (Å²) >= 11 is 6.00. The van der Waals surface area contributed by atoms with Gasteiger partial charge in [-0.2, -0.15) is 0 Å². The zero-order valence-electron chi connectivity index (χ0n) is 12.2. The zero-order valence-corrected chi connectivity index (χ0v) is 12.9. The van der Waals surface area contributed by atoms with Gasteiger partial charge in [0.25, 0.3) is 0 Å². The molecule has 5 heteroatoms. The molecule has 0 spiro atoms. The monoisotopic (exact) mass is 328 g/mol. The Balaban J connectivity index is 1.82. The molecule has 0 aliphatic heterocycles. The van der Waals surface area contributed by atoms with E-state index in [0.717, 1.165) is 11.1 Å². The number of pyridine rings is 1. The summed E-state index contributed by atoms with van der Waals surface area (Å²) < 4.78 is 18.8. The van der Waals surface area contributed by atoms with Gasteiger partial charge >= 0.3 is 0 Å². The van der Waals surface area contributed by atoms with Crippen molar-refractivity contribution in [2.24, 2.45) is 0 Å². The fraction of sp³-hybridized carbons (Fsp3) is 0.0556. The van der Waals surface area contributed by atoms with Crippen molar-refractivity contribution in [2.45, 2.75) is 6.61 Å². The SMILES string of the molecule is Nc1ncc(-c2ccccc2)cc1OCc1ccc(F)cc1Cl. The summed E-state index contributed by atoms with van der Waals surface area (Å²) in [6.07, 6.45) is 1.70. The highest BCUT2D eigenvalue weighted by atomic mass is 35.5. The second-order valence-corrected chi connectivity index (χ2v) is 5.41. The Hall–Kier alpha value is -2.59. The topological polar surface area (TPSA) is 48.1 Å². The largest absolute Gasteiger partial charge is 0.485 e. The molecule has 23 heavy (non-hydrogen) atoms. The van der Waals surface area contributed by atoms with Gasteiger partial charge in [0, 0.05) is 17.3 Å². The molecule has 0 aliphatic rings.